The van der Waals surface area contributed by atoms with E-state index in [2.05, 4.69) is 10.6 Å². The molecule has 0 atom stereocenters. The summed E-state index contributed by atoms with van der Waals surface area (Å²) in [5.74, 6) is -0.0942. The Balaban J connectivity index is 1.89. The molecule has 0 saturated carbocycles. The molecule has 0 bridgehead atoms. The number of nitrogens with one attached hydrogen (secondary N) is 2. The number of carbonyl (C=O) groups is 3. The van der Waals surface area contributed by atoms with Crippen LogP contribution in [0.4, 0.5) is 5.69 Å². The van der Waals surface area contributed by atoms with E-state index in [-0.39, 0.29) is 23.8 Å². The summed E-state index contributed by atoms with van der Waals surface area (Å²) in [6, 6.07) is 7.05. The third-order valence-electron chi connectivity index (χ3n) is 3.92. The summed E-state index contributed by atoms with van der Waals surface area (Å²) < 4.78 is 0. The standard InChI is InChI=1S/C17H23N3O3/c1-3-16(22)19-15-8-10-20(11-9-15)17(23)13-4-6-14(7-5-13)18-12(2)21/h4-7,15H,3,8-11H2,1-2H3,(H,18,21)(H,19,22). The van der Waals surface area contributed by atoms with Crippen LogP contribution in [0.1, 0.15) is 43.5 Å². The van der Waals surface area contributed by atoms with Gasteiger partial charge in [-0.1, -0.05) is 6.92 Å². The molecule has 1 heterocycles. The average molecular weight is 317 g/mol. The Morgan fingerprint density at radius 2 is 1.74 bits per heavy atom. The van der Waals surface area contributed by atoms with E-state index in [4.69, 9.17) is 0 Å². The molecule has 6 nitrogen and oxygen atoms in total. The Hall–Kier alpha value is -2.37. The monoisotopic (exact) mass is 317 g/mol. The van der Waals surface area contributed by atoms with Crippen molar-refractivity contribution in [3.05, 3.63) is 29.8 Å². The number of rotatable bonds is 4. The third-order valence-corrected chi connectivity index (χ3v) is 3.92. The van der Waals surface area contributed by atoms with Crippen molar-refractivity contribution in [2.75, 3.05) is 18.4 Å². The molecule has 1 aliphatic heterocycles. The smallest absolute Gasteiger partial charge is 0.253 e. The van der Waals surface area contributed by atoms with Crippen molar-refractivity contribution in [3.8, 4) is 0 Å². The summed E-state index contributed by atoms with van der Waals surface area (Å²) in [5.41, 5.74) is 1.28. The van der Waals surface area contributed by atoms with Crippen LogP contribution < -0.4 is 10.6 Å². The average Bonchev–Trinajstić information content (AvgIpc) is 2.55. The van der Waals surface area contributed by atoms with Crippen LogP contribution in [0.2, 0.25) is 0 Å². The number of hydrogen-bond acceptors (Lipinski definition) is 3. The zero-order chi connectivity index (χ0) is 16.8. The molecule has 1 aromatic rings. The number of benzene rings is 1. The lowest BCUT2D eigenvalue weighted by atomic mass is 10.0. The number of carbonyl (C=O) groups excluding carboxylic acids is 3. The molecule has 124 valence electrons. The molecule has 2 N–H and O–H groups in total. The van der Waals surface area contributed by atoms with Crippen molar-refractivity contribution in [1.29, 1.82) is 0 Å². The maximum atomic E-state index is 12.5. The molecule has 0 aliphatic carbocycles. The van der Waals surface area contributed by atoms with E-state index in [0.717, 1.165) is 12.8 Å². The van der Waals surface area contributed by atoms with Gasteiger partial charge in [-0.15, -0.1) is 0 Å². The normalized spacial score (nSPS) is 15.1. The number of piperidine rings is 1. The molecule has 0 spiro atoms. The molecule has 2 rings (SSSR count). The van der Waals surface area contributed by atoms with Crippen LogP contribution in [0.25, 0.3) is 0 Å². The highest BCUT2D eigenvalue weighted by Crippen LogP contribution is 2.16. The largest absolute Gasteiger partial charge is 0.353 e. The van der Waals surface area contributed by atoms with E-state index >= 15 is 0 Å². The fourth-order valence-corrected chi connectivity index (χ4v) is 2.64. The number of hydrogen-bond donors (Lipinski definition) is 2. The Bertz CT molecular complexity index is 575. The lowest BCUT2D eigenvalue weighted by Gasteiger charge is -2.32. The Morgan fingerprint density at radius 3 is 2.26 bits per heavy atom. The number of anilines is 1. The molecule has 23 heavy (non-hydrogen) atoms. The maximum absolute atomic E-state index is 12.5. The van der Waals surface area contributed by atoms with Crippen molar-refractivity contribution in [2.24, 2.45) is 0 Å². The van der Waals surface area contributed by atoms with Gasteiger partial charge in [-0.3, -0.25) is 14.4 Å². The van der Waals surface area contributed by atoms with E-state index < -0.39 is 0 Å². The molecule has 1 aliphatic rings. The Kier molecular flexibility index (Phi) is 5.73. The zero-order valence-corrected chi connectivity index (χ0v) is 13.6. The van der Waals surface area contributed by atoms with E-state index in [1.165, 1.54) is 6.92 Å². The van der Waals surface area contributed by atoms with E-state index in [9.17, 15) is 14.4 Å². The fourth-order valence-electron chi connectivity index (χ4n) is 2.64. The van der Waals surface area contributed by atoms with Gasteiger partial charge in [-0.25, -0.2) is 0 Å². The molecule has 6 heteroatoms. The summed E-state index contributed by atoms with van der Waals surface area (Å²) >= 11 is 0. The Morgan fingerprint density at radius 1 is 1.13 bits per heavy atom. The Labute approximate surface area is 136 Å². The molecule has 0 unspecified atom stereocenters. The summed E-state index contributed by atoms with van der Waals surface area (Å²) in [4.78, 5) is 36.7. The molecule has 0 radical (unpaired) electrons. The molecule has 0 aromatic heterocycles. The quantitative estimate of drug-likeness (QED) is 0.888. The van der Waals surface area contributed by atoms with Crippen LogP contribution in [-0.2, 0) is 9.59 Å². The lowest BCUT2D eigenvalue weighted by Crippen LogP contribution is -2.46. The SMILES string of the molecule is CCC(=O)NC1CCN(C(=O)c2ccc(NC(C)=O)cc2)CC1. The molecular formula is C17H23N3O3. The first-order valence-corrected chi connectivity index (χ1v) is 7.96. The fraction of sp³-hybridized carbons (Fsp3) is 0.471. The topological polar surface area (TPSA) is 78.5 Å². The number of amides is 3. The highest BCUT2D eigenvalue weighted by Gasteiger charge is 2.24. The van der Waals surface area contributed by atoms with Gasteiger partial charge in [-0.05, 0) is 37.1 Å². The minimum atomic E-state index is -0.139. The minimum Gasteiger partial charge on any atom is -0.353 e. The number of nitrogens with zero attached hydrogens (tertiary/aromatic N) is 1. The van der Waals surface area contributed by atoms with Gasteiger partial charge < -0.3 is 15.5 Å². The predicted molar refractivity (Wildman–Crippen MR) is 88.1 cm³/mol. The summed E-state index contributed by atoms with van der Waals surface area (Å²) in [5, 5.41) is 5.65. The highest BCUT2D eigenvalue weighted by atomic mass is 16.2. The van der Waals surface area contributed by atoms with Crippen molar-refractivity contribution in [2.45, 2.75) is 39.2 Å². The van der Waals surface area contributed by atoms with E-state index in [0.29, 0.717) is 30.8 Å². The maximum Gasteiger partial charge on any atom is 0.253 e. The van der Waals surface area contributed by atoms with Gasteiger partial charge in [0.05, 0.1) is 0 Å². The van der Waals surface area contributed by atoms with Crippen LogP contribution in [0, 0.1) is 0 Å². The van der Waals surface area contributed by atoms with Crippen molar-refractivity contribution in [3.63, 3.8) is 0 Å². The van der Waals surface area contributed by atoms with Crippen LogP contribution in [-0.4, -0.2) is 41.8 Å². The second-order valence-corrected chi connectivity index (χ2v) is 5.75. The summed E-state index contributed by atoms with van der Waals surface area (Å²) in [6.07, 6.45) is 2.04. The van der Waals surface area contributed by atoms with Crippen LogP contribution >= 0.6 is 0 Å². The van der Waals surface area contributed by atoms with Crippen LogP contribution in [0.3, 0.4) is 0 Å². The lowest BCUT2D eigenvalue weighted by molar-refractivity contribution is -0.121. The molecule has 1 aromatic carbocycles. The highest BCUT2D eigenvalue weighted by molar-refractivity contribution is 5.95. The van der Waals surface area contributed by atoms with Gasteiger partial charge in [0.2, 0.25) is 11.8 Å². The number of likely N-dealkylation sites (tertiary alicyclic amines) is 1. The summed E-state index contributed by atoms with van der Waals surface area (Å²) in [7, 11) is 0. The first-order chi connectivity index (χ1) is 11.0. The first-order valence-electron chi connectivity index (χ1n) is 7.96. The van der Waals surface area contributed by atoms with Gasteiger partial charge >= 0.3 is 0 Å². The zero-order valence-electron chi connectivity index (χ0n) is 13.6. The third kappa shape index (κ3) is 4.81. The molecule has 1 fully saturated rings. The first kappa shape index (κ1) is 17.0. The summed E-state index contributed by atoms with van der Waals surface area (Å²) in [6.45, 7) is 4.56. The van der Waals surface area contributed by atoms with Gasteiger partial charge in [-0.2, -0.15) is 0 Å². The molecule has 1 saturated heterocycles. The second kappa shape index (κ2) is 7.76. The van der Waals surface area contributed by atoms with Gasteiger partial charge in [0.25, 0.3) is 5.91 Å². The van der Waals surface area contributed by atoms with E-state index in [1.807, 2.05) is 11.8 Å². The minimum absolute atomic E-state index is 0.0142. The van der Waals surface area contributed by atoms with Crippen molar-refractivity contribution < 1.29 is 14.4 Å². The van der Waals surface area contributed by atoms with Crippen LogP contribution in [0.15, 0.2) is 24.3 Å². The van der Waals surface area contributed by atoms with Crippen molar-refractivity contribution in [1.82, 2.24) is 10.2 Å². The predicted octanol–water partition coefficient (Wildman–Crippen LogP) is 1.78. The van der Waals surface area contributed by atoms with Gasteiger partial charge in [0, 0.05) is 43.7 Å². The molecular weight excluding hydrogens is 294 g/mol. The van der Waals surface area contributed by atoms with Gasteiger partial charge in [0.1, 0.15) is 0 Å². The van der Waals surface area contributed by atoms with Gasteiger partial charge in [0.15, 0.2) is 0 Å². The van der Waals surface area contributed by atoms with E-state index in [1.54, 1.807) is 24.3 Å². The van der Waals surface area contributed by atoms with Crippen molar-refractivity contribution >= 4 is 23.4 Å². The second-order valence-electron chi connectivity index (χ2n) is 5.75. The van der Waals surface area contributed by atoms with Crippen LogP contribution in [0.5, 0.6) is 0 Å². The molecule has 3 amide bonds.